The lowest BCUT2D eigenvalue weighted by molar-refractivity contribution is -0.130. The van der Waals surface area contributed by atoms with Crippen LogP contribution in [-0.2, 0) is 11.2 Å². The lowest BCUT2D eigenvalue weighted by atomic mass is 9.85. The van der Waals surface area contributed by atoms with Crippen LogP contribution in [0.1, 0.15) is 32.8 Å². The van der Waals surface area contributed by atoms with Crippen molar-refractivity contribution in [1.29, 1.82) is 0 Å². The Morgan fingerprint density at radius 3 is 2.47 bits per heavy atom. The molecule has 0 saturated heterocycles. The fraction of sp³-hybridized carbons (Fsp3) is 0.600. The Morgan fingerprint density at radius 1 is 1.37 bits per heavy atom. The second kappa shape index (κ2) is 6.66. The number of nitrogens with zero attached hydrogens (tertiary/aromatic N) is 2. The first-order valence-electron chi connectivity index (χ1n) is 6.69. The van der Waals surface area contributed by atoms with Crippen molar-refractivity contribution >= 4 is 5.91 Å². The summed E-state index contributed by atoms with van der Waals surface area (Å²) in [5.41, 5.74) is 7.19. The minimum Gasteiger partial charge on any atom is -0.345 e. The molecule has 19 heavy (non-hydrogen) atoms. The van der Waals surface area contributed by atoms with Gasteiger partial charge in [-0.1, -0.05) is 20.8 Å². The van der Waals surface area contributed by atoms with Gasteiger partial charge in [-0.25, -0.2) is 0 Å². The summed E-state index contributed by atoms with van der Waals surface area (Å²) in [5.74, 6) is 0.108. The van der Waals surface area contributed by atoms with Gasteiger partial charge in [0.2, 0.25) is 5.91 Å². The van der Waals surface area contributed by atoms with Gasteiger partial charge in [0.05, 0.1) is 0 Å². The van der Waals surface area contributed by atoms with Crippen LogP contribution in [0.5, 0.6) is 0 Å². The molecule has 2 N–H and O–H groups in total. The highest BCUT2D eigenvalue weighted by Gasteiger charge is 2.24. The van der Waals surface area contributed by atoms with E-state index in [1.54, 1.807) is 17.3 Å². The van der Waals surface area contributed by atoms with Crippen LogP contribution in [-0.4, -0.2) is 35.4 Å². The molecular formula is C15H25N3O. The Hall–Kier alpha value is -1.42. The van der Waals surface area contributed by atoms with Gasteiger partial charge in [-0.05, 0) is 29.5 Å². The maximum Gasteiger partial charge on any atom is 0.223 e. The van der Waals surface area contributed by atoms with Gasteiger partial charge < -0.3 is 10.6 Å². The van der Waals surface area contributed by atoms with E-state index in [1.165, 1.54) is 5.56 Å². The first-order chi connectivity index (χ1) is 8.80. The number of aromatic nitrogens is 1. The summed E-state index contributed by atoms with van der Waals surface area (Å²) >= 11 is 0. The summed E-state index contributed by atoms with van der Waals surface area (Å²) in [4.78, 5) is 17.8. The minimum atomic E-state index is -0.108. The molecule has 0 radical (unpaired) electrons. The second-order valence-corrected chi connectivity index (χ2v) is 6.10. The predicted octanol–water partition coefficient (Wildman–Crippen LogP) is 1.85. The van der Waals surface area contributed by atoms with Crippen molar-refractivity contribution in [2.45, 2.75) is 39.7 Å². The van der Waals surface area contributed by atoms with Crippen LogP contribution in [0.3, 0.4) is 0 Å². The van der Waals surface area contributed by atoms with Crippen LogP contribution in [0.25, 0.3) is 0 Å². The summed E-state index contributed by atoms with van der Waals surface area (Å²) in [6.45, 7) is 6.88. The third-order valence-corrected chi connectivity index (χ3v) is 3.42. The molecule has 0 aromatic carbocycles. The van der Waals surface area contributed by atoms with Gasteiger partial charge in [0.25, 0.3) is 0 Å². The third-order valence-electron chi connectivity index (χ3n) is 3.42. The van der Waals surface area contributed by atoms with Crippen LogP contribution in [0, 0.1) is 5.41 Å². The van der Waals surface area contributed by atoms with Gasteiger partial charge in [-0.3, -0.25) is 9.78 Å². The fourth-order valence-corrected chi connectivity index (χ4v) is 1.62. The van der Waals surface area contributed by atoms with E-state index in [4.69, 9.17) is 5.73 Å². The zero-order chi connectivity index (χ0) is 14.5. The van der Waals surface area contributed by atoms with Crippen molar-refractivity contribution in [3.05, 3.63) is 30.1 Å². The Balaban J connectivity index is 2.41. The third kappa shape index (κ3) is 5.39. The van der Waals surface area contributed by atoms with Crippen molar-refractivity contribution in [2.75, 3.05) is 13.6 Å². The predicted molar refractivity (Wildman–Crippen MR) is 77.6 cm³/mol. The topological polar surface area (TPSA) is 59.2 Å². The molecule has 0 fully saturated rings. The first-order valence-corrected chi connectivity index (χ1v) is 6.69. The molecule has 1 heterocycles. The molecule has 0 aliphatic rings. The van der Waals surface area contributed by atoms with Crippen LogP contribution < -0.4 is 5.73 Å². The Labute approximate surface area is 116 Å². The van der Waals surface area contributed by atoms with E-state index in [9.17, 15) is 4.79 Å². The molecule has 0 saturated carbocycles. The molecule has 1 amide bonds. The van der Waals surface area contributed by atoms with E-state index in [1.807, 2.05) is 19.2 Å². The Bertz CT molecular complexity index is 398. The summed E-state index contributed by atoms with van der Waals surface area (Å²) in [7, 11) is 1.83. The molecule has 4 heteroatoms. The maximum absolute atomic E-state index is 12.1. The summed E-state index contributed by atoms with van der Waals surface area (Å²) in [5, 5.41) is 0. The number of hydrogen-bond acceptors (Lipinski definition) is 3. The zero-order valence-electron chi connectivity index (χ0n) is 12.4. The smallest absolute Gasteiger partial charge is 0.223 e. The van der Waals surface area contributed by atoms with Gasteiger partial charge in [0, 0.05) is 38.4 Å². The molecule has 1 rings (SSSR count). The van der Waals surface area contributed by atoms with Gasteiger partial charge in [0.15, 0.2) is 0 Å². The highest BCUT2D eigenvalue weighted by atomic mass is 16.2. The molecule has 1 unspecified atom stereocenters. The molecule has 0 bridgehead atoms. The average molecular weight is 263 g/mol. The van der Waals surface area contributed by atoms with E-state index in [-0.39, 0.29) is 17.4 Å². The zero-order valence-corrected chi connectivity index (χ0v) is 12.4. The first kappa shape index (κ1) is 15.6. The highest BCUT2D eigenvalue weighted by molar-refractivity contribution is 5.76. The Kier molecular flexibility index (Phi) is 5.48. The standard InChI is InChI=1S/C15H25N3O/c1-15(2,3)13(16)11-14(19)18(4)10-7-12-5-8-17-9-6-12/h5-6,8-9,13H,7,10-11,16H2,1-4H3. The number of pyridine rings is 1. The molecule has 0 aliphatic heterocycles. The van der Waals surface area contributed by atoms with Crippen molar-refractivity contribution in [2.24, 2.45) is 11.1 Å². The minimum absolute atomic E-state index is 0.0401. The number of carbonyl (C=O) groups is 1. The van der Waals surface area contributed by atoms with E-state index < -0.39 is 0 Å². The van der Waals surface area contributed by atoms with Crippen LogP contribution in [0.2, 0.25) is 0 Å². The van der Waals surface area contributed by atoms with Gasteiger partial charge in [0.1, 0.15) is 0 Å². The SMILES string of the molecule is CN(CCc1ccncc1)C(=O)CC(N)C(C)(C)C. The quantitative estimate of drug-likeness (QED) is 0.882. The lowest BCUT2D eigenvalue weighted by Crippen LogP contribution is -2.41. The van der Waals surface area contributed by atoms with Gasteiger partial charge in [-0.2, -0.15) is 0 Å². The van der Waals surface area contributed by atoms with Crippen molar-refractivity contribution < 1.29 is 4.79 Å². The maximum atomic E-state index is 12.1. The molecule has 1 aromatic rings. The van der Waals surface area contributed by atoms with Crippen molar-refractivity contribution in [3.8, 4) is 0 Å². The molecular weight excluding hydrogens is 238 g/mol. The molecule has 0 aliphatic carbocycles. The van der Waals surface area contributed by atoms with E-state index in [0.717, 1.165) is 6.42 Å². The van der Waals surface area contributed by atoms with E-state index in [0.29, 0.717) is 13.0 Å². The largest absolute Gasteiger partial charge is 0.345 e. The molecule has 106 valence electrons. The Morgan fingerprint density at radius 2 is 1.95 bits per heavy atom. The normalized spacial score (nSPS) is 13.1. The van der Waals surface area contributed by atoms with Crippen molar-refractivity contribution in [1.82, 2.24) is 9.88 Å². The highest BCUT2D eigenvalue weighted by Crippen LogP contribution is 2.20. The van der Waals surface area contributed by atoms with Crippen LogP contribution >= 0.6 is 0 Å². The monoisotopic (exact) mass is 263 g/mol. The molecule has 0 spiro atoms. The molecule has 1 aromatic heterocycles. The lowest BCUT2D eigenvalue weighted by Gasteiger charge is -2.28. The number of rotatable bonds is 5. The molecule has 4 nitrogen and oxygen atoms in total. The number of carbonyl (C=O) groups excluding carboxylic acids is 1. The van der Waals surface area contributed by atoms with E-state index >= 15 is 0 Å². The number of likely N-dealkylation sites (N-methyl/N-ethyl adjacent to an activating group) is 1. The average Bonchev–Trinajstić information content (AvgIpc) is 2.35. The van der Waals surface area contributed by atoms with Crippen LogP contribution in [0.15, 0.2) is 24.5 Å². The summed E-state index contributed by atoms with van der Waals surface area (Å²) in [6, 6.07) is 3.83. The number of hydrogen-bond donors (Lipinski definition) is 1. The fourth-order valence-electron chi connectivity index (χ4n) is 1.62. The van der Waals surface area contributed by atoms with Gasteiger partial charge in [-0.15, -0.1) is 0 Å². The number of nitrogens with two attached hydrogens (primary N) is 1. The van der Waals surface area contributed by atoms with Crippen molar-refractivity contribution in [3.63, 3.8) is 0 Å². The number of amides is 1. The van der Waals surface area contributed by atoms with Crippen LogP contribution in [0.4, 0.5) is 0 Å². The summed E-state index contributed by atoms with van der Waals surface area (Å²) < 4.78 is 0. The second-order valence-electron chi connectivity index (χ2n) is 6.10. The van der Waals surface area contributed by atoms with Gasteiger partial charge >= 0.3 is 0 Å². The summed E-state index contributed by atoms with van der Waals surface area (Å²) in [6.07, 6.45) is 4.78. The molecule has 1 atom stereocenters. The van der Waals surface area contributed by atoms with E-state index in [2.05, 4.69) is 25.8 Å².